The summed E-state index contributed by atoms with van der Waals surface area (Å²) in [5.74, 6) is -0.280. The van der Waals surface area contributed by atoms with Crippen LogP contribution < -0.4 is 5.73 Å². The Morgan fingerprint density at radius 1 is 1.55 bits per heavy atom. The Morgan fingerprint density at radius 2 is 2.25 bits per heavy atom. The van der Waals surface area contributed by atoms with Gasteiger partial charge < -0.3 is 10.6 Å². The number of benzene rings is 1. The minimum atomic E-state index is -0.509. The van der Waals surface area contributed by atoms with Crippen LogP contribution in [0.2, 0.25) is 0 Å². The summed E-state index contributed by atoms with van der Waals surface area (Å²) < 4.78 is 0. The van der Waals surface area contributed by atoms with Gasteiger partial charge in [-0.2, -0.15) is 0 Å². The largest absolute Gasteiger partial charge is 0.338 e. The molecule has 20 heavy (non-hydrogen) atoms. The third-order valence-corrected chi connectivity index (χ3v) is 3.92. The maximum Gasteiger partial charge on any atom is 0.282 e. The van der Waals surface area contributed by atoms with Crippen molar-refractivity contribution in [3.63, 3.8) is 0 Å². The van der Waals surface area contributed by atoms with Crippen molar-refractivity contribution in [3.8, 4) is 0 Å². The highest BCUT2D eigenvalue weighted by molar-refractivity contribution is 5.98. The van der Waals surface area contributed by atoms with Gasteiger partial charge in [0, 0.05) is 19.2 Å². The number of nitrogens with two attached hydrogens (primary N) is 1. The lowest BCUT2D eigenvalue weighted by atomic mass is 9.90. The molecule has 1 heterocycles. The second-order valence-corrected chi connectivity index (χ2v) is 5.77. The quantitative estimate of drug-likeness (QED) is 0.672. The monoisotopic (exact) mass is 277 g/mol. The zero-order chi connectivity index (χ0) is 14.9. The van der Waals surface area contributed by atoms with Crippen LogP contribution in [0, 0.1) is 22.5 Å². The van der Waals surface area contributed by atoms with Gasteiger partial charge in [0.2, 0.25) is 0 Å². The summed E-state index contributed by atoms with van der Waals surface area (Å²) in [6, 6.07) is 4.61. The first-order valence-electron chi connectivity index (χ1n) is 6.61. The van der Waals surface area contributed by atoms with Crippen molar-refractivity contribution in [2.45, 2.75) is 20.3 Å². The van der Waals surface area contributed by atoms with Crippen molar-refractivity contribution in [3.05, 3.63) is 39.4 Å². The van der Waals surface area contributed by atoms with Crippen LogP contribution >= 0.6 is 0 Å². The summed E-state index contributed by atoms with van der Waals surface area (Å²) >= 11 is 0. The van der Waals surface area contributed by atoms with Crippen molar-refractivity contribution in [1.29, 1.82) is 0 Å². The van der Waals surface area contributed by atoms with Crippen molar-refractivity contribution in [2.24, 2.45) is 11.1 Å². The molecule has 2 N–H and O–H groups in total. The maximum atomic E-state index is 12.5. The molecule has 1 aromatic rings. The number of likely N-dealkylation sites (tertiary alicyclic amines) is 1. The highest BCUT2D eigenvalue weighted by atomic mass is 16.6. The van der Waals surface area contributed by atoms with Crippen LogP contribution in [0.5, 0.6) is 0 Å². The molecule has 108 valence electrons. The van der Waals surface area contributed by atoms with Gasteiger partial charge in [-0.25, -0.2) is 0 Å². The zero-order valence-corrected chi connectivity index (χ0v) is 11.8. The van der Waals surface area contributed by atoms with Crippen LogP contribution in [0.4, 0.5) is 5.69 Å². The van der Waals surface area contributed by atoms with E-state index >= 15 is 0 Å². The van der Waals surface area contributed by atoms with E-state index in [9.17, 15) is 14.9 Å². The lowest BCUT2D eigenvalue weighted by Gasteiger charge is -2.22. The van der Waals surface area contributed by atoms with Crippen LogP contribution in [-0.2, 0) is 0 Å². The van der Waals surface area contributed by atoms with Crippen molar-refractivity contribution >= 4 is 11.6 Å². The second-order valence-electron chi connectivity index (χ2n) is 5.77. The fraction of sp³-hybridized carbons (Fsp3) is 0.500. The molecule has 1 unspecified atom stereocenters. The number of nitro groups is 1. The molecule has 6 heteroatoms. The topological polar surface area (TPSA) is 89.5 Å². The number of aryl methyl sites for hydroxylation is 1. The van der Waals surface area contributed by atoms with Crippen LogP contribution in [0.25, 0.3) is 0 Å². The minimum absolute atomic E-state index is 0.0890. The van der Waals surface area contributed by atoms with Crippen molar-refractivity contribution < 1.29 is 9.72 Å². The molecule has 1 atom stereocenters. The Balaban J connectivity index is 2.30. The number of rotatable bonds is 3. The molecular formula is C14H19N3O3. The molecule has 1 aliphatic heterocycles. The van der Waals surface area contributed by atoms with E-state index in [1.54, 1.807) is 17.0 Å². The van der Waals surface area contributed by atoms with Gasteiger partial charge in [0.15, 0.2) is 0 Å². The maximum absolute atomic E-state index is 12.5. The van der Waals surface area contributed by atoms with Crippen LogP contribution in [0.15, 0.2) is 18.2 Å². The molecule has 0 spiro atoms. The van der Waals surface area contributed by atoms with Gasteiger partial charge in [-0.05, 0) is 36.9 Å². The number of nitro benzene ring substituents is 1. The molecule has 1 fully saturated rings. The molecule has 0 radical (unpaired) electrons. The lowest BCUT2D eigenvalue weighted by molar-refractivity contribution is -0.385. The lowest BCUT2D eigenvalue weighted by Crippen LogP contribution is -2.34. The molecule has 0 bridgehead atoms. The van der Waals surface area contributed by atoms with Crippen LogP contribution in [0.3, 0.4) is 0 Å². The molecule has 6 nitrogen and oxygen atoms in total. The Hall–Kier alpha value is -1.95. The summed E-state index contributed by atoms with van der Waals surface area (Å²) in [6.45, 7) is 5.50. The third-order valence-electron chi connectivity index (χ3n) is 3.92. The summed E-state index contributed by atoms with van der Waals surface area (Å²) in [4.78, 5) is 24.7. The van der Waals surface area contributed by atoms with E-state index in [2.05, 4.69) is 0 Å². The predicted molar refractivity (Wildman–Crippen MR) is 75.5 cm³/mol. The summed E-state index contributed by atoms with van der Waals surface area (Å²) in [7, 11) is 0. The van der Waals surface area contributed by atoms with Crippen LogP contribution in [-0.4, -0.2) is 35.4 Å². The van der Waals surface area contributed by atoms with Gasteiger partial charge in [-0.15, -0.1) is 0 Å². The predicted octanol–water partition coefficient (Wildman–Crippen LogP) is 1.71. The fourth-order valence-corrected chi connectivity index (χ4v) is 2.51. The Morgan fingerprint density at radius 3 is 2.80 bits per heavy atom. The van der Waals surface area contributed by atoms with E-state index in [0.717, 1.165) is 12.0 Å². The SMILES string of the molecule is Cc1ccc([N+](=O)[O-])c(C(=O)N2CCC(C)(CN)C2)c1. The first-order chi connectivity index (χ1) is 9.36. The highest BCUT2D eigenvalue weighted by Gasteiger charge is 2.36. The number of hydrogen-bond acceptors (Lipinski definition) is 4. The number of carbonyl (C=O) groups is 1. The van der Waals surface area contributed by atoms with Gasteiger partial charge in [0.05, 0.1) is 4.92 Å². The van der Waals surface area contributed by atoms with Crippen molar-refractivity contribution in [1.82, 2.24) is 4.90 Å². The number of carbonyl (C=O) groups excluding carboxylic acids is 1. The molecule has 1 amide bonds. The third kappa shape index (κ3) is 2.65. The Bertz CT molecular complexity index is 559. The van der Waals surface area contributed by atoms with E-state index in [-0.39, 0.29) is 22.6 Å². The summed E-state index contributed by atoms with van der Waals surface area (Å²) in [6.07, 6.45) is 0.828. The van der Waals surface area contributed by atoms with Gasteiger partial charge in [-0.1, -0.05) is 13.0 Å². The number of amides is 1. The average molecular weight is 277 g/mol. The molecular weight excluding hydrogens is 258 g/mol. The van der Waals surface area contributed by atoms with E-state index < -0.39 is 4.92 Å². The molecule has 0 aliphatic carbocycles. The Kier molecular flexibility index (Phi) is 3.76. The van der Waals surface area contributed by atoms with E-state index in [1.807, 2.05) is 13.8 Å². The van der Waals surface area contributed by atoms with E-state index in [4.69, 9.17) is 5.73 Å². The highest BCUT2D eigenvalue weighted by Crippen LogP contribution is 2.31. The van der Waals surface area contributed by atoms with E-state index in [1.165, 1.54) is 6.07 Å². The standard InChI is InChI=1S/C14H19N3O3/c1-10-3-4-12(17(19)20)11(7-10)13(18)16-6-5-14(2,8-15)9-16/h3-4,7H,5-6,8-9,15H2,1-2H3. The van der Waals surface area contributed by atoms with E-state index in [0.29, 0.717) is 19.6 Å². The minimum Gasteiger partial charge on any atom is -0.338 e. The normalized spacial score (nSPS) is 22.1. The van der Waals surface area contributed by atoms with Gasteiger partial charge in [-0.3, -0.25) is 14.9 Å². The molecule has 1 aliphatic rings. The summed E-state index contributed by atoms with van der Waals surface area (Å²) in [5.41, 5.74) is 6.50. The van der Waals surface area contributed by atoms with Gasteiger partial charge in [0.1, 0.15) is 5.56 Å². The zero-order valence-electron chi connectivity index (χ0n) is 11.8. The number of nitrogens with zero attached hydrogens (tertiary/aromatic N) is 2. The molecule has 1 saturated heterocycles. The van der Waals surface area contributed by atoms with Crippen LogP contribution in [0.1, 0.15) is 29.3 Å². The van der Waals surface area contributed by atoms with Gasteiger partial charge in [0.25, 0.3) is 11.6 Å². The molecule has 0 saturated carbocycles. The van der Waals surface area contributed by atoms with Crippen molar-refractivity contribution in [2.75, 3.05) is 19.6 Å². The smallest absolute Gasteiger partial charge is 0.282 e. The second kappa shape index (κ2) is 5.20. The fourth-order valence-electron chi connectivity index (χ4n) is 2.51. The molecule has 2 rings (SSSR count). The first kappa shape index (κ1) is 14.5. The Labute approximate surface area is 117 Å². The molecule has 0 aromatic heterocycles. The van der Waals surface area contributed by atoms with Gasteiger partial charge >= 0.3 is 0 Å². The molecule has 1 aromatic carbocycles. The number of hydrogen-bond donors (Lipinski definition) is 1. The average Bonchev–Trinajstić information content (AvgIpc) is 2.81. The first-order valence-corrected chi connectivity index (χ1v) is 6.61. The summed E-state index contributed by atoms with van der Waals surface area (Å²) in [5, 5.41) is 11.1.